The molecule has 2 heterocycles. The normalized spacial score (nSPS) is 10.8. The molecule has 2 N–H and O–H groups in total. The van der Waals surface area contributed by atoms with Crippen molar-refractivity contribution in [2.24, 2.45) is 0 Å². The smallest absolute Gasteiger partial charge is 0.129 e. The maximum atomic E-state index is 8.88. The summed E-state index contributed by atoms with van der Waals surface area (Å²) in [7, 11) is 1.66. The molecule has 18 heavy (non-hydrogen) atoms. The Bertz CT molecular complexity index is 478. The van der Waals surface area contributed by atoms with Crippen LogP contribution in [0.3, 0.4) is 0 Å². The largest absolute Gasteiger partial charge is 0.462 e. The number of aliphatic hydroxyl groups is 1. The van der Waals surface area contributed by atoms with Gasteiger partial charge in [-0.05, 0) is 12.1 Å². The van der Waals surface area contributed by atoms with Crippen LogP contribution in [0.5, 0.6) is 0 Å². The summed E-state index contributed by atoms with van der Waals surface area (Å²) in [5, 5.41) is 16.3. The fraction of sp³-hybridized carbons (Fsp3) is 0.417. The van der Waals surface area contributed by atoms with Crippen molar-refractivity contribution in [1.29, 1.82) is 0 Å². The van der Waals surface area contributed by atoms with Crippen LogP contribution in [0.25, 0.3) is 0 Å². The molecule has 6 heteroatoms. The molecule has 2 aromatic rings. The van der Waals surface area contributed by atoms with Gasteiger partial charge >= 0.3 is 0 Å². The van der Waals surface area contributed by atoms with Gasteiger partial charge in [0.05, 0.1) is 31.6 Å². The van der Waals surface area contributed by atoms with Crippen molar-refractivity contribution in [3.05, 3.63) is 36.0 Å². The van der Waals surface area contributed by atoms with E-state index < -0.39 is 0 Å². The Kier molecular flexibility index (Phi) is 4.38. The molecule has 98 valence electrons. The second-order valence-electron chi connectivity index (χ2n) is 3.86. The second kappa shape index (κ2) is 6.23. The third kappa shape index (κ3) is 3.35. The summed E-state index contributed by atoms with van der Waals surface area (Å²) >= 11 is 0. The molecule has 0 aromatic carbocycles. The highest BCUT2D eigenvalue weighted by molar-refractivity contribution is 5.38. The lowest BCUT2D eigenvalue weighted by atomic mass is 10.4. The first-order chi connectivity index (χ1) is 8.81. The number of methoxy groups -OCH3 is 1. The molecule has 0 amide bonds. The Morgan fingerprint density at radius 3 is 3.00 bits per heavy atom. The fourth-order valence-corrected chi connectivity index (χ4v) is 1.55. The van der Waals surface area contributed by atoms with E-state index in [4.69, 9.17) is 14.3 Å². The van der Waals surface area contributed by atoms with E-state index in [1.54, 1.807) is 19.4 Å². The summed E-state index contributed by atoms with van der Waals surface area (Å²) in [4.78, 5) is 0. The molecule has 0 aliphatic heterocycles. The van der Waals surface area contributed by atoms with Gasteiger partial charge in [-0.3, -0.25) is 4.68 Å². The zero-order valence-electron chi connectivity index (χ0n) is 10.3. The zero-order valence-corrected chi connectivity index (χ0v) is 10.3. The minimum absolute atomic E-state index is 0.0745. The molecule has 2 aromatic heterocycles. The van der Waals surface area contributed by atoms with Gasteiger partial charge in [-0.2, -0.15) is 5.10 Å². The van der Waals surface area contributed by atoms with Crippen LogP contribution in [-0.4, -0.2) is 28.6 Å². The average Bonchev–Trinajstić information content (AvgIpc) is 3.03. The average molecular weight is 251 g/mol. The van der Waals surface area contributed by atoms with Gasteiger partial charge in [0.2, 0.25) is 0 Å². The Labute approximate surface area is 105 Å². The Hall–Kier alpha value is -1.79. The lowest BCUT2D eigenvalue weighted by Gasteiger charge is -2.00. The van der Waals surface area contributed by atoms with E-state index in [9.17, 15) is 0 Å². The van der Waals surface area contributed by atoms with Crippen molar-refractivity contribution in [2.75, 3.05) is 19.0 Å². The number of anilines is 1. The number of nitrogens with zero attached hydrogens (tertiary/aromatic N) is 2. The number of nitrogens with one attached hydrogen (secondary N) is 1. The van der Waals surface area contributed by atoms with E-state index in [0.29, 0.717) is 18.9 Å². The molecule has 0 aliphatic carbocycles. The van der Waals surface area contributed by atoms with E-state index in [2.05, 4.69) is 10.4 Å². The minimum atomic E-state index is -0.0745. The maximum Gasteiger partial charge on any atom is 0.129 e. The summed E-state index contributed by atoms with van der Waals surface area (Å²) in [6, 6.07) is 3.60. The molecule has 0 unspecified atom stereocenters. The first-order valence-corrected chi connectivity index (χ1v) is 5.75. The summed E-state index contributed by atoms with van der Waals surface area (Å²) in [5.74, 6) is 1.35. The fourth-order valence-electron chi connectivity index (χ4n) is 1.55. The number of furan rings is 1. The predicted octanol–water partition coefficient (Wildman–Crippen LogP) is 1.23. The lowest BCUT2D eigenvalue weighted by Crippen LogP contribution is -2.04. The summed E-state index contributed by atoms with van der Waals surface area (Å²) in [5.41, 5.74) is 0.924. The monoisotopic (exact) mass is 251 g/mol. The van der Waals surface area contributed by atoms with Crippen molar-refractivity contribution in [3.63, 3.8) is 0 Å². The van der Waals surface area contributed by atoms with Gasteiger partial charge in [-0.25, -0.2) is 0 Å². The summed E-state index contributed by atoms with van der Waals surface area (Å²) < 4.78 is 12.2. The molecule has 0 bridgehead atoms. The molecule has 6 nitrogen and oxygen atoms in total. The van der Waals surface area contributed by atoms with E-state index in [1.165, 1.54) is 0 Å². The third-order valence-corrected chi connectivity index (χ3v) is 2.50. The van der Waals surface area contributed by atoms with E-state index >= 15 is 0 Å². The van der Waals surface area contributed by atoms with Crippen LogP contribution < -0.4 is 5.32 Å². The molecule has 0 saturated heterocycles. The SMILES string of the molecule is COCCn1cc(NCc2ccc(CO)o2)cn1. The first-order valence-electron chi connectivity index (χ1n) is 5.75. The van der Waals surface area contributed by atoms with Gasteiger partial charge in [0.1, 0.15) is 18.1 Å². The van der Waals surface area contributed by atoms with Crippen LogP contribution in [0, 0.1) is 0 Å². The van der Waals surface area contributed by atoms with Gasteiger partial charge in [-0.1, -0.05) is 0 Å². The molecule has 0 radical (unpaired) electrons. The Morgan fingerprint density at radius 1 is 1.44 bits per heavy atom. The van der Waals surface area contributed by atoms with Gasteiger partial charge in [-0.15, -0.1) is 0 Å². The van der Waals surface area contributed by atoms with Crippen LogP contribution in [0.4, 0.5) is 5.69 Å². The number of aliphatic hydroxyl groups excluding tert-OH is 1. The topological polar surface area (TPSA) is 72.5 Å². The van der Waals surface area contributed by atoms with Crippen LogP contribution in [0.15, 0.2) is 28.9 Å². The lowest BCUT2D eigenvalue weighted by molar-refractivity contribution is 0.183. The van der Waals surface area contributed by atoms with Gasteiger partial charge < -0.3 is 19.6 Å². The number of hydrogen-bond acceptors (Lipinski definition) is 5. The van der Waals surface area contributed by atoms with E-state index in [1.807, 2.05) is 16.9 Å². The molecular weight excluding hydrogens is 234 g/mol. The molecule has 2 rings (SSSR count). The molecule has 0 atom stereocenters. The van der Waals surface area contributed by atoms with Crippen LogP contribution in [-0.2, 0) is 24.4 Å². The van der Waals surface area contributed by atoms with Gasteiger partial charge in [0, 0.05) is 13.3 Å². The number of ether oxygens (including phenoxy) is 1. The van der Waals surface area contributed by atoms with Crippen molar-refractivity contribution in [3.8, 4) is 0 Å². The number of hydrogen-bond donors (Lipinski definition) is 2. The number of aromatic nitrogens is 2. The van der Waals surface area contributed by atoms with Gasteiger partial charge in [0.25, 0.3) is 0 Å². The third-order valence-electron chi connectivity index (χ3n) is 2.50. The zero-order chi connectivity index (χ0) is 12.8. The molecule has 0 saturated carbocycles. The van der Waals surface area contributed by atoms with Crippen molar-refractivity contribution >= 4 is 5.69 Å². The Morgan fingerprint density at radius 2 is 2.28 bits per heavy atom. The summed E-state index contributed by atoms with van der Waals surface area (Å²) in [6.07, 6.45) is 3.67. The highest BCUT2D eigenvalue weighted by Crippen LogP contribution is 2.11. The highest BCUT2D eigenvalue weighted by Gasteiger charge is 2.02. The highest BCUT2D eigenvalue weighted by atomic mass is 16.5. The van der Waals surface area contributed by atoms with Gasteiger partial charge in [0.15, 0.2) is 0 Å². The van der Waals surface area contributed by atoms with Crippen LogP contribution in [0.1, 0.15) is 11.5 Å². The first kappa shape index (κ1) is 12.7. The minimum Gasteiger partial charge on any atom is -0.462 e. The van der Waals surface area contributed by atoms with Crippen LogP contribution in [0.2, 0.25) is 0 Å². The quantitative estimate of drug-likeness (QED) is 0.774. The Balaban J connectivity index is 1.84. The molecule has 0 spiro atoms. The summed E-state index contributed by atoms with van der Waals surface area (Å²) in [6.45, 7) is 1.86. The second-order valence-corrected chi connectivity index (χ2v) is 3.86. The van der Waals surface area contributed by atoms with Crippen molar-refractivity contribution < 1.29 is 14.3 Å². The number of rotatable bonds is 7. The van der Waals surface area contributed by atoms with Crippen molar-refractivity contribution in [2.45, 2.75) is 19.7 Å². The van der Waals surface area contributed by atoms with E-state index in [0.717, 1.165) is 18.0 Å². The molecular formula is C12H17N3O3. The van der Waals surface area contributed by atoms with E-state index in [-0.39, 0.29) is 6.61 Å². The maximum absolute atomic E-state index is 8.88. The van der Waals surface area contributed by atoms with Crippen molar-refractivity contribution in [1.82, 2.24) is 9.78 Å². The standard InChI is InChI=1S/C12H17N3O3/c1-17-5-4-15-8-10(6-14-15)13-7-11-2-3-12(9-16)18-11/h2-3,6,8,13,16H,4-5,7,9H2,1H3. The van der Waals surface area contributed by atoms with Crippen LogP contribution >= 0.6 is 0 Å². The molecule has 0 fully saturated rings. The molecule has 0 aliphatic rings. The predicted molar refractivity (Wildman–Crippen MR) is 66.1 cm³/mol.